The SMILES string of the molecule is BrCCCOc1c[c]c2ccccc2c1. The Kier molecular flexibility index (Phi) is 3.62. The Balaban J connectivity index is 2.16. The average molecular weight is 264 g/mol. The van der Waals surface area contributed by atoms with Gasteiger partial charge in [-0.05, 0) is 35.4 Å². The molecule has 0 heterocycles. The maximum absolute atomic E-state index is 5.59. The van der Waals surface area contributed by atoms with Crippen LogP contribution < -0.4 is 4.74 Å². The van der Waals surface area contributed by atoms with E-state index in [0.717, 1.165) is 29.5 Å². The van der Waals surface area contributed by atoms with E-state index >= 15 is 0 Å². The Bertz CT molecular complexity index is 439. The van der Waals surface area contributed by atoms with Crippen LogP contribution in [0.3, 0.4) is 0 Å². The maximum atomic E-state index is 5.59. The van der Waals surface area contributed by atoms with E-state index in [-0.39, 0.29) is 0 Å². The third-order valence-electron chi connectivity index (χ3n) is 2.18. The normalized spacial score (nSPS) is 10.5. The number of benzene rings is 2. The summed E-state index contributed by atoms with van der Waals surface area (Å²) in [5, 5.41) is 3.28. The largest absolute Gasteiger partial charge is 0.494 e. The number of ether oxygens (including phenoxy) is 1. The van der Waals surface area contributed by atoms with Gasteiger partial charge in [0.2, 0.25) is 0 Å². The molecule has 2 rings (SSSR count). The van der Waals surface area contributed by atoms with Gasteiger partial charge < -0.3 is 4.74 Å². The molecular weight excluding hydrogens is 252 g/mol. The first kappa shape index (κ1) is 10.5. The number of rotatable bonds is 4. The quantitative estimate of drug-likeness (QED) is 0.602. The van der Waals surface area contributed by atoms with Crippen molar-refractivity contribution < 1.29 is 4.74 Å². The van der Waals surface area contributed by atoms with Crippen LogP contribution in [0.4, 0.5) is 0 Å². The number of alkyl halides is 1. The van der Waals surface area contributed by atoms with Crippen molar-refractivity contribution in [1.29, 1.82) is 0 Å². The molecule has 0 aliphatic rings. The molecule has 0 atom stereocenters. The van der Waals surface area contributed by atoms with E-state index in [0.29, 0.717) is 0 Å². The number of hydrogen-bond acceptors (Lipinski definition) is 1. The molecule has 0 bridgehead atoms. The first-order chi connectivity index (χ1) is 7.40. The summed E-state index contributed by atoms with van der Waals surface area (Å²) < 4.78 is 5.59. The van der Waals surface area contributed by atoms with Gasteiger partial charge in [-0.1, -0.05) is 40.2 Å². The first-order valence-corrected chi connectivity index (χ1v) is 6.11. The van der Waals surface area contributed by atoms with Gasteiger partial charge in [-0.3, -0.25) is 0 Å². The first-order valence-electron chi connectivity index (χ1n) is 4.99. The van der Waals surface area contributed by atoms with Crippen LogP contribution in [0, 0.1) is 6.07 Å². The fourth-order valence-corrected chi connectivity index (χ4v) is 1.65. The van der Waals surface area contributed by atoms with Crippen LogP contribution in [0.2, 0.25) is 0 Å². The zero-order valence-corrected chi connectivity index (χ0v) is 9.96. The minimum Gasteiger partial charge on any atom is -0.494 e. The molecule has 0 spiro atoms. The van der Waals surface area contributed by atoms with Crippen LogP contribution in [0.1, 0.15) is 6.42 Å². The van der Waals surface area contributed by atoms with Gasteiger partial charge in [0.25, 0.3) is 0 Å². The van der Waals surface area contributed by atoms with Crippen molar-refractivity contribution in [3.63, 3.8) is 0 Å². The molecule has 2 aromatic rings. The van der Waals surface area contributed by atoms with E-state index in [2.05, 4.69) is 40.2 Å². The summed E-state index contributed by atoms with van der Waals surface area (Å²) in [7, 11) is 0. The summed E-state index contributed by atoms with van der Waals surface area (Å²) in [6.45, 7) is 0.747. The van der Waals surface area contributed by atoms with Crippen LogP contribution in [-0.2, 0) is 0 Å². The zero-order chi connectivity index (χ0) is 10.5. The molecule has 2 heteroatoms. The van der Waals surface area contributed by atoms with Gasteiger partial charge in [0.1, 0.15) is 5.75 Å². The molecule has 15 heavy (non-hydrogen) atoms. The van der Waals surface area contributed by atoms with Gasteiger partial charge in [0.05, 0.1) is 6.61 Å². The van der Waals surface area contributed by atoms with Crippen molar-refractivity contribution in [2.24, 2.45) is 0 Å². The van der Waals surface area contributed by atoms with Gasteiger partial charge >= 0.3 is 0 Å². The van der Waals surface area contributed by atoms with E-state index in [1.807, 2.05) is 18.2 Å². The van der Waals surface area contributed by atoms with Crippen molar-refractivity contribution in [2.75, 3.05) is 11.9 Å². The van der Waals surface area contributed by atoms with Gasteiger partial charge in [0.15, 0.2) is 0 Å². The molecular formula is C13H12BrO. The summed E-state index contributed by atoms with van der Waals surface area (Å²) in [5.74, 6) is 0.898. The minimum absolute atomic E-state index is 0.747. The maximum Gasteiger partial charge on any atom is 0.120 e. The van der Waals surface area contributed by atoms with Crippen LogP contribution in [0.5, 0.6) is 5.75 Å². The van der Waals surface area contributed by atoms with Crippen LogP contribution in [0.15, 0.2) is 36.4 Å². The molecule has 0 fully saturated rings. The second kappa shape index (κ2) is 5.17. The Hall–Kier alpha value is -1.02. The van der Waals surface area contributed by atoms with Crippen molar-refractivity contribution >= 4 is 26.7 Å². The van der Waals surface area contributed by atoms with E-state index in [1.54, 1.807) is 0 Å². The Labute approximate surface area is 98.2 Å². The van der Waals surface area contributed by atoms with E-state index in [9.17, 15) is 0 Å². The Morgan fingerprint density at radius 2 is 2.13 bits per heavy atom. The predicted molar refractivity (Wildman–Crippen MR) is 66.7 cm³/mol. The minimum atomic E-state index is 0.747. The Morgan fingerprint density at radius 3 is 3.00 bits per heavy atom. The molecule has 1 radical (unpaired) electrons. The number of halogens is 1. The highest BCUT2D eigenvalue weighted by molar-refractivity contribution is 9.09. The highest BCUT2D eigenvalue weighted by Crippen LogP contribution is 2.19. The molecule has 1 nitrogen and oxygen atoms in total. The van der Waals surface area contributed by atoms with Crippen molar-refractivity contribution in [2.45, 2.75) is 6.42 Å². The van der Waals surface area contributed by atoms with E-state index < -0.39 is 0 Å². The molecule has 0 saturated carbocycles. The molecule has 0 aromatic heterocycles. The monoisotopic (exact) mass is 263 g/mol. The van der Waals surface area contributed by atoms with Crippen LogP contribution in [-0.4, -0.2) is 11.9 Å². The van der Waals surface area contributed by atoms with Gasteiger partial charge in [0, 0.05) is 5.33 Å². The topological polar surface area (TPSA) is 9.23 Å². The second-order valence-corrected chi connectivity index (χ2v) is 4.11. The lowest BCUT2D eigenvalue weighted by molar-refractivity contribution is 0.319. The van der Waals surface area contributed by atoms with E-state index in [4.69, 9.17) is 4.74 Å². The van der Waals surface area contributed by atoms with Crippen LogP contribution >= 0.6 is 15.9 Å². The molecule has 0 unspecified atom stereocenters. The molecule has 0 aliphatic heterocycles. The summed E-state index contributed by atoms with van der Waals surface area (Å²) in [6.07, 6.45) is 1.02. The van der Waals surface area contributed by atoms with Gasteiger partial charge in [-0.25, -0.2) is 0 Å². The smallest absolute Gasteiger partial charge is 0.120 e. The van der Waals surface area contributed by atoms with Crippen LogP contribution in [0.25, 0.3) is 10.8 Å². The molecule has 77 valence electrons. The van der Waals surface area contributed by atoms with E-state index in [1.165, 1.54) is 5.39 Å². The number of hydrogen-bond donors (Lipinski definition) is 0. The lowest BCUT2D eigenvalue weighted by atomic mass is 10.1. The van der Waals surface area contributed by atoms with Crippen molar-refractivity contribution in [1.82, 2.24) is 0 Å². The van der Waals surface area contributed by atoms with Gasteiger partial charge in [-0.2, -0.15) is 0 Å². The highest BCUT2D eigenvalue weighted by atomic mass is 79.9. The summed E-state index contributed by atoms with van der Waals surface area (Å²) >= 11 is 3.37. The number of fused-ring (bicyclic) bond motifs is 1. The standard InChI is InChI=1S/C13H12BrO/c14-8-3-9-15-13-7-6-11-4-1-2-5-12(11)10-13/h1-2,4-5,7,10H,3,8-9H2. The molecule has 0 amide bonds. The predicted octanol–water partition coefficient (Wildman–Crippen LogP) is 3.80. The summed E-state index contributed by atoms with van der Waals surface area (Å²) in [5.41, 5.74) is 0. The highest BCUT2D eigenvalue weighted by Gasteiger charge is 1.96. The molecule has 0 saturated heterocycles. The fourth-order valence-electron chi connectivity index (χ4n) is 1.43. The lowest BCUT2D eigenvalue weighted by Gasteiger charge is -2.05. The average Bonchev–Trinajstić information content (AvgIpc) is 2.29. The summed E-state index contributed by atoms with van der Waals surface area (Å²) in [6, 6.07) is 15.3. The van der Waals surface area contributed by atoms with Crippen molar-refractivity contribution in [3.8, 4) is 5.75 Å². The third kappa shape index (κ3) is 2.72. The Morgan fingerprint density at radius 1 is 1.27 bits per heavy atom. The zero-order valence-electron chi connectivity index (χ0n) is 8.37. The van der Waals surface area contributed by atoms with Gasteiger partial charge in [-0.15, -0.1) is 0 Å². The van der Waals surface area contributed by atoms with Crippen molar-refractivity contribution in [3.05, 3.63) is 42.5 Å². The third-order valence-corrected chi connectivity index (χ3v) is 2.74. The molecule has 0 N–H and O–H groups in total. The molecule has 2 aromatic carbocycles. The summed E-state index contributed by atoms with van der Waals surface area (Å²) in [4.78, 5) is 0. The molecule has 0 aliphatic carbocycles. The fraction of sp³-hybridized carbons (Fsp3) is 0.231. The lowest BCUT2D eigenvalue weighted by Crippen LogP contribution is -1.97. The second-order valence-electron chi connectivity index (χ2n) is 3.31.